The summed E-state index contributed by atoms with van der Waals surface area (Å²) in [4.78, 5) is 11.6. The summed E-state index contributed by atoms with van der Waals surface area (Å²) >= 11 is 3.13. The maximum atomic E-state index is 11.6. The monoisotopic (exact) mass is 336 g/mol. The predicted molar refractivity (Wildman–Crippen MR) is 79.1 cm³/mol. The van der Waals surface area contributed by atoms with Crippen molar-refractivity contribution in [3.05, 3.63) is 52.4 Å². The Morgan fingerprint density at radius 2 is 2.10 bits per heavy atom. The van der Waals surface area contributed by atoms with Crippen LogP contribution in [0.5, 0.6) is 5.75 Å². The molecule has 0 aliphatic heterocycles. The molecule has 6 heteroatoms. The van der Waals surface area contributed by atoms with Gasteiger partial charge in [0, 0.05) is 0 Å². The minimum absolute atomic E-state index is 0.195. The highest BCUT2D eigenvalue weighted by Gasteiger charge is 2.08. The molecule has 104 valence electrons. The van der Waals surface area contributed by atoms with Crippen LogP contribution in [0.4, 0.5) is 0 Å². The van der Waals surface area contributed by atoms with Crippen LogP contribution < -0.4 is 10.2 Å². The zero-order valence-corrected chi connectivity index (χ0v) is 12.4. The molecule has 0 bridgehead atoms. The minimum atomic E-state index is -0.405. The number of hydrazone groups is 1. The molecule has 0 aliphatic rings. The molecular formula is C14H13BrN2O3. The number of carbonyl (C=O) groups is 1. The standard InChI is InChI=1S/C14H13BrN2O3/c1-2-19-11-5-3-10(4-6-11)9-16-17-14(18)12-7-8-13(15)20-12/h3-9H,2H2,1H3,(H,17,18)/b16-9+. The van der Waals surface area contributed by atoms with E-state index in [2.05, 4.69) is 26.5 Å². The maximum Gasteiger partial charge on any atom is 0.307 e. The molecule has 20 heavy (non-hydrogen) atoms. The molecule has 1 aromatic heterocycles. The Morgan fingerprint density at radius 3 is 2.70 bits per heavy atom. The summed E-state index contributed by atoms with van der Waals surface area (Å²) in [5.74, 6) is 0.590. The average Bonchev–Trinajstić information content (AvgIpc) is 2.88. The second-order valence-electron chi connectivity index (χ2n) is 3.80. The first-order chi connectivity index (χ1) is 9.69. The first-order valence-electron chi connectivity index (χ1n) is 6.00. The highest BCUT2D eigenvalue weighted by atomic mass is 79.9. The molecular weight excluding hydrogens is 324 g/mol. The Balaban J connectivity index is 1.91. The van der Waals surface area contributed by atoms with Gasteiger partial charge in [0.2, 0.25) is 0 Å². The summed E-state index contributed by atoms with van der Waals surface area (Å²) < 4.78 is 10.9. The van der Waals surface area contributed by atoms with Gasteiger partial charge in [0.15, 0.2) is 10.4 Å². The van der Waals surface area contributed by atoms with Gasteiger partial charge in [-0.2, -0.15) is 5.10 Å². The lowest BCUT2D eigenvalue weighted by Gasteiger charge is -2.02. The minimum Gasteiger partial charge on any atom is -0.494 e. The van der Waals surface area contributed by atoms with Gasteiger partial charge in [0.1, 0.15) is 5.75 Å². The topological polar surface area (TPSA) is 63.8 Å². The number of furan rings is 1. The second kappa shape index (κ2) is 6.91. The van der Waals surface area contributed by atoms with E-state index >= 15 is 0 Å². The summed E-state index contributed by atoms with van der Waals surface area (Å²) in [7, 11) is 0. The molecule has 1 amide bonds. The second-order valence-corrected chi connectivity index (χ2v) is 4.59. The van der Waals surface area contributed by atoms with Crippen molar-refractivity contribution < 1.29 is 13.9 Å². The summed E-state index contributed by atoms with van der Waals surface area (Å²) in [5.41, 5.74) is 3.24. The highest BCUT2D eigenvalue weighted by molar-refractivity contribution is 9.10. The van der Waals surface area contributed by atoms with E-state index in [9.17, 15) is 4.79 Å². The third-order valence-electron chi connectivity index (χ3n) is 2.37. The van der Waals surface area contributed by atoms with Gasteiger partial charge in [-0.25, -0.2) is 5.43 Å². The van der Waals surface area contributed by atoms with E-state index < -0.39 is 5.91 Å². The number of hydrogen-bond donors (Lipinski definition) is 1. The number of benzene rings is 1. The van der Waals surface area contributed by atoms with E-state index in [0.717, 1.165) is 11.3 Å². The van der Waals surface area contributed by atoms with Crippen molar-refractivity contribution in [3.8, 4) is 5.75 Å². The third-order valence-corrected chi connectivity index (χ3v) is 2.79. The lowest BCUT2D eigenvalue weighted by atomic mass is 10.2. The van der Waals surface area contributed by atoms with E-state index in [-0.39, 0.29) is 5.76 Å². The van der Waals surface area contributed by atoms with Crippen molar-refractivity contribution in [2.45, 2.75) is 6.92 Å². The molecule has 1 heterocycles. The molecule has 2 rings (SSSR count). The largest absolute Gasteiger partial charge is 0.494 e. The number of rotatable bonds is 5. The first kappa shape index (κ1) is 14.3. The van der Waals surface area contributed by atoms with Crippen molar-refractivity contribution >= 4 is 28.1 Å². The fraction of sp³-hybridized carbons (Fsp3) is 0.143. The molecule has 0 radical (unpaired) electrons. The Bertz CT molecular complexity index is 605. The number of halogens is 1. The van der Waals surface area contributed by atoms with E-state index in [1.54, 1.807) is 18.3 Å². The van der Waals surface area contributed by atoms with Crippen LogP contribution in [0.15, 0.2) is 50.6 Å². The fourth-order valence-electron chi connectivity index (χ4n) is 1.47. The van der Waals surface area contributed by atoms with E-state index in [4.69, 9.17) is 9.15 Å². The first-order valence-corrected chi connectivity index (χ1v) is 6.80. The van der Waals surface area contributed by atoms with Gasteiger partial charge in [-0.15, -0.1) is 0 Å². The molecule has 1 aromatic carbocycles. The number of carbonyl (C=O) groups excluding carboxylic acids is 1. The van der Waals surface area contributed by atoms with Crippen LogP contribution in [0.25, 0.3) is 0 Å². The van der Waals surface area contributed by atoms with Crippen molar-refractivity contribution in [1.29, 1.82) is 0 Å². The molecule has 0 saturated heterocycles. The maximum absolute atomic E-state index is 11.6. The molecule has 0 spiro atoms. The van der Waals surface area contributed by atoms with Crippen LogP contribution in [0.1, 0.15) is 23.0 Å². The number of nitrogens with one attached hydrogen (secondary N) is 1. The Morgan fingerprint density at radius 1 is 1.35 bits per heavy atom. The fourth-order valence-corrected chi connectivity index (χ4v) is 1.78. The molecule has 1 N–H and O–H groups in total. The van der Waals surface area contributed by atoms with E-state index in [0.29, 0.717) is 11.3 Å². The van der Waals surface area contributed by atoms with Gasteiger partial charge in [0.25, 0.3) is 0 Å². The van der Waals surface area contributed by atoms with Gasteiger partial charge in [0.05, 0.1) is 12.8 Å². The SMILES string of the molecule is CCOc1ccc(/C=N/NC(=O)c2ccc(Br)o2)cc1. The molecule has 2 aromatic rings. The third kappa shape index (κ3) is 3.96. The van der Waals surface area contributed by atoms with Gasteiger partial charge >= 0.3 is 5.91 Å². The Kier molecular flexibility index (Phi) is 4.95. The van der Waals surface area contributed by atoms with Crippen molar-refractivity contribution in [1.82, 2.24) is 5.43 Å². The van der Waals surface area contributed by atoms with Crippen LogP contribution in [0.3, 0.4) is 0 Å². The smallest absolute Gasteiger partial charge is 0.307 e. The van der Waals surface area contributed by atoms with Gasteiger partial charge in [-0.05, 0) is 64.8 Å². The van der Waals surface area contributed by atoms with Crippen LogP contribution in [0.2, 0.25) is 0 Å². The molecule has 0 unspecified atom stereocenters. The zero-order chi connectivity index (χ0) is 14.4. The Hall–Kier alpha value is -2.08. The Labute approximate surface area is 124 Å². The molecule has 0 atom stereocenters. The predicted octanol–water partition coefficient (Wildman–Crippen LogP) is 3.20. The molecule has 0 fully saturated rings. The van der Waals surface area contributed by atoms with Crippen LogP contribution in [0, 0.1) is 0 Å². The quantitative estimate of drug-likeness (QED) is 0.673. The van der Waals surface area contributed by atoms with Crippen molar-refractivity contribution in [3.63, 3.8) is 0 Å². The number of nitrogens with zero attached hydrogens (tertiary/aromatic N) is 1. The lowest BCUT2D eigenvalue weighted by molar-refractivity contribution is 0.0926. The van der Waals surface area contributed by atoms with Crippen LogP contribution in [-0.4, -0.2) is 18.7 Å². The molecule has 5 nitrogen and oxygen atoms in total. The normalized spacial score (nSPS) is 10.7. The van der Waals surface area contributed by atoms with E-state index in [1.165, 1.54) is 0 Å². The molecule has 0 saturated carbocycles. The zero-order valence-electron chi connectivity index (χ0n) is 10.8. The summed E-state index contributed by atoms with van der Waals surface area (Å²) in [6, 6.07) is 10.6. The summed E-state index contributed by atoms with van der Waals surface area (Å²) in [5, 5.41) is 3.86. The highest BCUT2D eigenvalue weighted by Crippen LogP contribution is 2.13. The van der Waals surface area contributed by atoms with Crippen LogP contribution in [-0.2, 0) is 0 Å². The summed E-state index contributed by atoms with van der Waals surface area (Å²) in [6.45, 7) is 2.56. The van der Waals surface area contributed by atoms with Crippen molar-refractivity contribution in [2.24, 2.45) is 5.10 Å². The van der Waals surface area contributed by atoms with Gasteiger partial charge < -0.3 is 9.15 Å². The van der Waals surface area contributed by atoms with Crippen LogP contribution >= 0.6 is 15.9 Å². The lowest BCUT2D eigenvalue weighted by Crippen LogP contribution is -2.16. The van der Waals surface area contributed by atoms with Gasteiger partial charge in [-0.1, -0.05) is 0 Å². The number of ether oxygens (including phenoxy) is 1. The van der Waals surface area contributed by atoms with Gasteiger partial charge in [-0.3, -0.25) is 4.79 Å². The van der Waals surface area contributed by atoms with Crippen molar-refractivity contribution in [2.75, 3.05) is 6.61 Å². The number of amides is 1. The number of hydrogen-bond acceptors (Lipinski definition) is 4. The average molecular weight is 337 g/mol. The summed E-state index contributed by atoms with van der Waals surface area (Å²) in [6.07, 6.45) is 1.55. The molecule has 0 aliphatic carbocycles. The van der Waals surface area contributed by atoms with E-state index in [1.807, 2.05) is 31.2 Å².